The molecule has 0 fully saturated rings. The van der Waals surface area contributed by atoms with Gasteiger partial charge in [-0.1, -0.05) is 0 Å². The summed E-state index contributed by atoms with van der Waals surface area (Å²) in [4.78, 5) is 34.3. The zero-order valence-electron chi connectivity index (χ0n) is 3.83. The molecular formula is HAlCaFO4Si+. The Bertz CT molecular complexity index is 31.5. The Morgan fingerprint density at radius 1 is 0.875 bits per heavy atom. The maximum atomic E-state index is 8.58. The quantitative estimate of drug-likeness (QED) is 0.346. The van der Waals surface area contributed by atoms with Crippen LogP contribution in [0.4, 0.5) is 4.70 Å². The minimum atomic E-state index is -5.61. The van der Waals surface area contributed by atoms with E-state index in [2.05, 4.69) is 0 Å². The van der Waals surface area contributed by atoms with Crippen LogP contribution in [0, 0.1) is 0 Å². The van der Waals surface area contributed by atoms with E-state index in [0.29, 0.717) is 0 Å². The fourth-order valence-electron chi connectivity index (χ4n) is 0. The van der Waals surface area contributed by atoms with Gasteiger partial charge in [-0.05, 0) is 0 Å². The average molecular weight is 179 g/mol. The molecule has 0 heterocycles. The standard InChI is InChI=1S/Al.Ca.FH.O4Si/c;;;1-5(2,3)4/h;;1H;/q+3;+2;;-4. The van der Waals surface area contributed by atoms with Crippen molar-refractivity contribution in [2.45, 2.75) is 0 Å². The SMILES string of the molecule is F.[Al+3].[Ca+2].[O-][Si]([O-])([O-])[O-]. The van der Waals surface area contributed by atoms with E-state index in [1.165, 1.54) is 0 Å². The van der Waals surface area contributed by atoms with Crippen molar-refractivity contribution >= 4 is 64.1 Å². The van der Waals surface area contributed by atoms with E-state index in [1.807, 2.05) is 0 Å². The smallest absolute Gasteiger partial charge is 0.894 e. The molecule has 0 saturated carbocycles. The summed E-state index contributed by atoms with van der Waals surface area (Å²) >= 11 is 0. The molecule has 0 aromatic carbocycles. The maximum absolute atomic E-state index is 8.58. The fraction of sp³-hybridized carbons (Fsp3) is 0. The number of halogens is 1. The second kappa shape index (κ2) is 8.78. The Hall–Kier alpha value is 1.78. The third-order valence-corrected chi connectivity index (χ3v) is 0. The van der Waals surface area contributed by atoms with Crippen molar-refractivity contribution in [3.63, 3.8) is 0 Å². The molecule has 0 atom stereocenters. The largest absolute Gasteiger partial charge is 3.00 e. The van der Waals surface area contributed by atoms with Crippen LogP contribution in [0.15, 0.2) is 0 Å². The van der Waals surface area contributed by atoms with Crippen molar-refractivity contribution in [3.05, 3.63) is 0 Å². The Morgan fingerprint density at radius 3 is 0.875 bits per heavy atom. The number of hydrogen-bond donors (Lipinski definition) is 0. The summed E-state index contributed by atoms with van der Waals surface area (Å²) in [5.74, 6) is 0. The minimum absolute atomic E-state index is 0. The first-order valence-electron chi connectivity index (χ1n) is 0.816. The Labute approximate surface area is 87.1 Å². The van der Waals surface area contributed by atoms with Crippen LogP contribution < -0.4 is 19.2 Å². The first-order chi connectivity index (χ1) is 2.00. The second-order valence-corrected chi connectivity index (χ2v) is 1.50. The van der Waals surface area contributed by atoms with Gasteiger partial charge in [-0.15, -0.1) is 0 Å². The zero-order valence-corrected chi connectivity index (χ0v) is 8.19. The molecule has 40 valence electrons. The summed E-state index contributed by atoms with van der Waals surface area (Å²) in [6.07, 6.45) is 0. The zero-order chi connectivity index (χ0) is 4.50. The molecule has 0 aliphatic heterocycles. The van der Waals surface area contributed by atoms with Crippen LogP contribution in [0.1, 0.15) is 0 Å². The topological polar surface area (TPSA) is 92.2 Å². The number of hydrogen-bond acceptors (Lipinski definition) is 4. The minimum Gasteiger partial charge on any atom is -0.894 e. The molecule has 0 rings (SSSR count). The summed E-state index contributed by atoms with van der Waals surface area (Å²) in [6, 6.07) is 0. The van der Waals surface area contributed by atoms with Gasteiger partial charge in [0.15, 0.2) is 0 Å². The molecule has 0 saturated heterocycles. The summed E-state index contributed by atoms with van der Waals surface area (Å²) in [6.45, 7) is 0. The molecule has 0 amide bonds. The fourth-order valence-corrected chi connectivity index (χ4v) is 0. The molecule has 0 aliphatic carbocycles. The van der Waals surface area contributed by atoms with Gasteiger partial charge in [0.25, 0.3) is 0 Å². The molecule has 0 radical (unpaired) electrons. The predicted octanol–water partition coefficient (Wildman–Crippen LogP) is -5.75. The van der Waals surface area contributed by atoms with Crippen molar-refractivity contribution in [2.24, 2.45) is 0 Å². The molecule has 8 heteroatoms. The normalized spacial score (nSPS) is 7.50. The van der Waals surface area contributed by atoms with Crippen molar-refractivity contribution in [1.82, 2.24) is 0 Å². The van der Waals surface area contributed by atoms with Crippen molar-refractivity contribution in [3.8, 4) is 0 Å². The second-order valence-electron chi connectivity index (χ2n) is 0.500. The van der Waals surface area contributed by atoms with Crippen LogP contribution in [0.5, 0.6) is 0 Å². The Balaban J connectivity index is -0.0000000267. The van der Waals surface area contributed by atoms with Crippen LogP contribution in [-0.4, -0.2) is 64.1 Å². The van der Waals surface area contributed by atoms with Gasteiger partial charge in [0.05, 0.1) is 0 Å². The first kappa shape index (κ1) is 22.6. The average Bonchev–Trinajstić information content (AvgIpc) is 0.722. The van der Waals surface area contributed by atoms with E-state index in [4.69, 9.17) is 19.2 Å². The van der Waals surface area contributed by atoms with E-state index in [0.717, 1.165) is 0 Å². The van der Waals surface area contributed by atoms with E-state index in [-0.39, 0.29) is 59.8 Å². The summed E-state index contributed by atoms with van der Waals surface area (Å²) in [7, 11) is -5.61. The molecule has 0 unspecified atom stereocenters. The number of rotatable bonds is 0. The van der Waals surface area contributed by atoms with Gasteiger partial charge in [0, 0.05) is 0 Å². The summed E-state index contributed by atoms with van der Waals surface area (Å²) in [5, 5.41) is 0. The molecule has 8 heavy (non-hydrogen) atoms. The van der Waals surface area contributed by atoms with E-state index in [9.17, 15) is 0 Å². The maximum Gasteiger partial charge on any atom is 3.00 e. The molecule has 0 N–H and O–H groups in total. The summed E-state index contributed by atoms with van der Waals surface area (Å²) < 4.78 is 0. The van der Waals surface area contributed by atoms with Gasteiger partial charge in [-0.3, -0.25) is 4.70 Å². The third-order valence-electron chi connectivity index (χ3n) is 0. The molecule has 0 bridgehead atoms. The first-order valence-corrected chi connectivity index (χ1v) is 2.45. The van der Waals surface area contributed by atoms with E-state index in [1.54, 1.807) is 0 Å². The van der Waals surface area contributed by atoms with Gasteiger partial charge < -0.3 is 28.2 Å². The molecule has 0 aliphatic rings. The van der Waals surface area contributed by atoms with Crippen LogP contribution in [0.25, 0.3) is 0 Å². The molecule has 0 aromatic heterocycles. The molecular weight excluding hydrogens is 178 g/mol. The Morgan fingerprint density at radius 2 is 0.875 bits per heavy atom. The van der Waals surface area contributed by atoms with Gasteiger partial charge in [0.1, 0.15) is 0 Å². The van der Waals surface area contributed by atoms with Gasteiger partial charge in [0.2, 0.25) is 0 Å². The van der Waals surface area contributed by atoms with Gasteiger partial charge in [-0.2, -0.15) is 0 Å². The Kier molecular flexibility index (Phi) is 24.8. The van der Waals surface area contributed by atoms with Crippen LogP contribution >= 0.6 is 0 Å². The van der Waals surface area contributed by atoms with E-state index >= 15 is 0 Å². The predicted molar refractivity (Wildman–Crippen MR) is 19.8 cm³/mol. The van der Waals surface area contributed by atoms with Crippen LogP contribution in [-0.2, 0) is 0 Å². The molecule has 4 nitrogen and oxygen atoms in total. The third kappa shape index (κ3) is 113. The van der Waals surface area contributed by atoms with Gasteiger partial charge in [-0.25, -0.2) is 0 Å². The van der Waals surface area contributed by atoms with Crippen LogP contribution in [0.3, 0.4) is 0 Å². The van der Waals surface area contributed by atoms with Crippen molar-refractivity contribution in [1.29, 1.82) is 0 Å². The van der Waals surface area contributed by atoms with Crippen molar-refractivity contribution < 1.29 is 23.9 Å². The van der Waals surface area contributed by atoms with Crippen LogP contribution in [0.2, 0.25) is 0 Å². The monoisotopic (exact) mass is 179 g/mol. The molecule has 0 spiro atoms. The van der Waals surface area contributed by atoms with Gasteiger partial charge >= 0.3 is 55.1 Å². The van der Waals surface area contributed by atoms with Crippen molar-refractivity contribution in [2.75, 3.05) is 0 Å². The van der Waals surface area contributed by atoms with E-state index < -0.39 is 9.05 Å². The molecule has 0 aromatic rings. The summed E-state index contributed by atoms with van der Waals surface area (Å²) in [5.41, 5.74) is 0.